The van der Waals surface area contributed by atoms with Crippen LogP contribution in [0.1, 0.15) is 52.6 Å². The van der Waals surface area contributed by atoms with E-state index in [2.05, 4.69) is 47.1 Å². The first-order valence-electron chi connectivity index (χ1n) is 11.7. The number of nitrogens with one attached hydrogen (secondary N) is 1. The molecule has 9 nitrogen and oxygen atoms in total. The number of imide groups is 2. The molecule has 0 radical (unpaired) electrons. The topological polar surface area (TPSA) is 130 Å². The number of carbonyl (C=O) groups excluding carboxylic acids is 4. The van der Waals surface area contributed by atoms with E-state index < -0.39 is 23.4 Å². The molecule has 0 bridgehead atoms. The van der Waals surface area contributed by atoms with Gasteiger partial charge in [0.15, 0.2) is 0 Å². The number of halogens is 4. The number of hydrogen-bond donors (Lipinski definition) is 2. The Morgan fingerprint density at radius 1 is 0.707 bits per heavy atom. The molecule has 0 saturated heterocycles. The lowest BCUT2D eigenvalue weighted by Gasteiger charge is -2.14. The highest BCUT2D eigenvalue weighted by atomic mass is 79.9. The van der Waals surface area contributed by atoms with Gasteiger partial charge < -0.3 is 5.11 Å². The number of fused-ring (bicyclic) bond motifs is 2. The lowest BCUT2D eigenvalue weighted by Crippen LogP contribution is -2.29. The largest absolute Gasteiger partial charge is 0.392 e. The summed E-state index contributed by atoms with van der Waals surface area (Å²) in [5.41, 5.74) is 2.13. The number of rotatable bonds is 3. The highest BCUT2D eigenvalue weighted by molar-refractivity contribution is 9.10. The minimum absolute atomic E-state index is 0.112. The van der Waals surface area contributed by atoms with Crippen molar-refractivity contribution in [3.63, 3.8) is 0 Å². The van der Waals surface area contributed by atoms with Crippen LogP contribution in [0.2, 0.25) is 0 Å². The van der Waals surface area contributed by atoms with Crippen molar-refractivity contribution in [3.8, 4) is 0 Å². The Bertz CT molecular complexity index is 1620. The number of aliphatic hydroxyl groups excluding tert-OH is 1. The molecule has 2 aromatic heterocycles. The van der Waals surface area contributed by atoms with Gasteiger partial charge in [-0.15, -0.1) is 0 Å². The van der Waals surface area contributed by atoms with E-state index in [4.69, 9.17) is 5.11 Å². The van der Waals surface area contributed by atoms with Gasteiger partial charge >= 0.3 is 0 Å². The standard InChI is InChI=1S/C14H8BrFN2O2.C8H5NO2.C6H5BrFNO/c15-12-5-8(11(16)6-17-12)7-18-13(19)9-3-1-2-4-10(9)14(18)20;10-7-5-3-1-2-4-6(5)8(11)9-7;7-6-1-4(3-10)5(8)2-9-6/h1-6H,7H2;1-4H,(H,9,10,11);1-2,10H,3H2. The molecule has 0 unspecified atom stereocenters. The van der Waals surface area contributed by atoms with Crippen LogP contribution >= 0.6 is 31.9 Å². The number of nitrogens with zero attached hydrogens (tertiary/aromatic N) is 3. The fraction of sp³-hybridized carbons (Fsp3) is 0.0714. The van der Waals surface area contributed by atoms with Crippen LogP contribution in [0.4, 0.5) is 8.78 Å². The zero-order valence-corrected chi connectivity index (χ0v) is 23.9. The van der Waals surface area contributed by atoms with Gasteiger partial charge in [-0.1, -0.05) is 24.3 Å². The Morgan fingerprint density at radius 3 is 1.56 bits per heavy atom. The molecule has 0 saturated carbocycles. The van der Waals surface area contributed by atoms with Crippen LogP contribution in [0, 0.1) is 11.6 Å². The molecule has 2 aromatic carbocycles. The molecular formula is C28H18Br2F2N4O5. The maximum atomic E-state index is 13.7. The van der Waals surface area contributed by atoms with Crippen molar-refractivity contribution in [2.45, 2.75) is 13.2 Å². The number of amides is 4. The molecular weight excluding hydrogens is 670 g/mol. The van der Waals surface area contributed by atoms with Crippen LogP contribution in [-0.4, -0.2) is 43.6 Å². The molecule has 0 spiro atoms. The Labute approximate surface area is 248 Å². The van der Waals surface area contributed by atoms with Crippen LogP contribution in [0.5, 0.6) is 0 Å². The Morgan fingerprint density at radius 2 is 1.12 bits per heavy atom. The van der Waals surface area contributed by atoms with E-state index in [0.717, 1.165) is 17.3 Å². The molecule has 6 rings (SSSR count). The average molecular weight is 688 g/mol. The van der Waals surface area contributed by atoms with E-state index in [1.54, 1.807) is 48.5 Å². The molecule has 4 heterocycles. The van der Waals surface area contributed by atoms with Crippen molar-refractivity contribution in [2.75, 3.05) is 0 Å². The third-order valence-corrected chi connectivity index (χ3v) is 6.69. The summed E-state index contributed by atoms with van der Waals surface area (Å²) < 4.78 is 27.2. The first kappa shape index (κ1) is 29.8. The number of carbonyl (C=O) groups is 4. The smallest absolute Gasteiger partial charge is 0.261 e. The second-order valence-corrected chi connectivity index (χ2v) is 10.1. The average Bonchev–Trinajstić information content (AvgIpc) is 3.40. The molecule has 4 amide bonds. The Kier molecular flexibility index (Phi) is 9.42. The van der Waals surface area contributed by atoms with Gasteiger partial charge in [0.1, 0.15) is 20.8 Å². The molecule has 2 aliphatic rings. The quantitative estimate of drug-likeness (QED) is 0.233. The maximum Gasteiger partial charge on any atom is 0.261 e. The van der Waals surface area contributed by atoms with Crippen LogP contribution < -0.4 is 5.32 Å². The Hall–Kier alpha value is -4.20. The fourth-order valence-corrected chi connectivity index (χ4v) is 4.57. The van der Waals surface area contributed by atoms with Gasteiger partial charge in [0.25, 0.3) is 23.6 Å². The summed E-state index contributed by atoms with van der Waals surface area (Å²) in [6, 6.07) is 16.2. The Balaban J connectivity index is 0.000000156. The molecule has 208 valence electrons. The summed E-state index contributed by atoms with van der Waals surface area (Å²) >= 11 is 6.19. The first-order chi connectivity index (χ1) is 19.6. The highest BCUT2D eigenvalue weighted by Crippen LogP contribution is 2.25. The summed E-state index contributed by atoms with van der Waals surface area (Å²) in [6.07, 6.45) is 2.12. The number of hydrogen-bond acceptors (Lipinski definition) is 7. The molecule has 0 fully saturated rings. The molecule has 2 aliphatic heterocycles. The second kappa shape index (κ2) is 13.0. The van der Waals surface area contributed by atoms with E-state index in [9.17, 15) is 28.0 Å². The minimum atomic E-state index is -0.551. The summed E-state index contributed by atoms with van der Waals surface area (Å²) in [5, 5.41) is 10.8. The summed E-state index contributed by atoms with van der Waals surface area (Å²) in [6.45, 7) is -0.410. The van der Waals surface area contributed by atoms with Crippen LogP contribution in [0.15, 0.2) is 82.3 Å². The van der Waals surface area contributed by atoms with Crippen molar-refractivity contribution in [2.24, 2.45) is 0 Å². The lowest BCUT2D eigenvalue weighted by atomic mass is 10.1. The van der Waals surface area contributed by atoms with Crippen molar-refractivity contribution < 1.29 is 33.1 Å². The van der Waals surface area contributed by atoms with Crippen LogP contribution in [0.25, 0.3) is 0 Å². The van der Waals surface area contributed by atoms with Crippen molar-refractivity contribution in [1.29, 1.82) is 0 Å². The molecule has 0 atom stereocenters. The molecule has 41 heavy (non-hydrogen) atoms. The number of benzene rings is 2. The van der Waals surface area contributed by atoms with Crippen LogP contribution in [-0.2, 0) is 13.2 Å². The van der Waals surface area contributed by atoms with E-state index in [0.29, 0.717) is 31.5 Å². The summed E-state index contributed by atoms with van der Waals surface area (Å²) in [7, 11) is 0. The minimum Gasteiger partial charge on any atom is -0.392 e. The lowest BCUT2D eigenvalue weighted by molar-refractivity contribution is 0.0640. The van der Waals surface area contributed by atoms with Crippen LogP contribution in [0.3, 0.4) is 0 Å². The number of pyridine rings is 2. The second-order valence-electron chi connectivity index (χ2n) is 8.43. The fourth-order valence-electron chi connectivity index (χ4n) is 3.81. The van der Waals surface area contributed by atoms with E-state index in [1.165, 1.54) is 12.1 Å². The van der Waals surface area contributed by atoms with Gasteiger partial charge in [0, 0.05) is 11.1 Å². The third kappa shape index (κ3) is 6.76. The van der Waals surface area contributed by atoms with E-state index >= 15 is 0 Å². The highest BCUT2D eigenvalue weighted by Gasteiger charge is 2.35. The van der Waals surface area contributed by atoms with E-state index in [-0.39, 0.29) is 36.1 Å². The van der Waals surface area contributed by atoms with E-state index in [1.807, 2.05) is 0 Å². The number of aliphatic hydroxyl groups is 1. The third-order valence-electron chi connectivity index (χ3n) is 5.82. The van der Waals surface area contributed by atoms with Gasteiger partial charge in [0.05, 0.1) is 47.8 Å². The predicted octanol–water partition coefficient (Wildman–Crippen LogP) is 4.83. The van der Waals surface area contributed by atoms with Crippen molar-refractivity contribution in [3.05, 3.63) is 127 Å². The SMILES string of the molecule is O=C1NC(=O)c2ccccc21.O=C1c2ccccc2C(=O)N1Cc1cc(Br)ncc1F.OCc1cc(Br)ncc1F. The first-order valence-corrected chi connectivity index (χ1v) is 13.3. The summed E-state index contributed by atoms with van der Waals surface area (Å²) in [4.78, 5) is 54.6. The monoisotopic (exact) mass is 686 g/mol. The zero-order chi connectivity index (χ0) is 29.7. The number of aromatic nitrogens is 2. The zero-order valence-electron chi connectivity index (χ0n) is 20.8. The molecule has 0 aliphatic carbocycles. The molecule has 4 aromatic rings. The van der Waals surface area contributed by atoms with Crippen molar-refractivity contribution >= 4 is 55.5 Å². The summed E-state index contributed by atoms with van der Waals surface area (Å²) in [5.74, 6) is -2.44. The van der Waals surface area contributed by atoms with Gasteiger partial charge in [-0.05, 0) is 68.3 Å². The van der Waals surface area contributed by atoms with Gasteiger partial charge in [0.2, 0.25) is 0 Å². The molecule has 13 heteroatoms. The predicted molar refractivity (Wildman–Crippen MR) is 149 cm³/mol. The molecule has 2 N–H and O–H groups in total. The van der Waals surface area contributed by atoms with Gasteiger partial charge in [-0.3, -0.25) is 29.4 Å². The van der Waals surface area contributed by atoms with Gasteiger partial charge in [-0.2, -0.15) is 0 Å². The van der Waals surface area contributed by atoms with Crippen molar-refractivity contribution in [1.82, 2.24) is 20.2 Å². The normalized spacial score (nSPS) is 13.0. The maximum absolute atomic E-state index is 13.7. The van der Waals surface area contributed by atoms with Gasteiger partial charge in [-0.25, -0.2) is 18.7 Å².